The van der Waals surface area contributed by atoms with Gasteiger partial charge in [-0.3, -0.25) is 10.1 Å². The first-order chi connectivity index (χ1) is 16.9. The van der Waals surface area contributed by atoms with Crippen molar-refractivity contribution in [2.45, 2.75) is 31.7 Å². The van der Waals surface area contributed by atoms with Crippen LogP contribution in [0, 0.1) is 0 Å². The highest BCUT2D eigenvalue weighted by molar-refractivity contribution is 6.33. The molecule has 0 saturated heterocycles. The molecule has 1 aliphatic carbocycles. The van der Waals surface area contributed by atoms with E-state index in [4.69, 9.17) is 16.3 Å². The van der Waals surface area contributed by atoms with Gasteiger partial charge in [0.15, 0.2) is 0 Å². The summed E-state index contributed by atoms with van der Waals surface area (Å²) in [5, 5.41) is 14.6. The maximum atomic E-state index is 12.6. The molecule has 0 bridgehead atoms. The number of carbonyl (C=O) groups is 3. The highest BCUT2D eigenvalue weighted by Crippen LogP contribution is 2.44. The van der Waals surface area contributed by atoms with Crippen molar-refractivity contribution in [1.82, 2.24) is 5.32 Å². The van der Waals surface area contributed by atoms with Gasteiger partial charge in [0, 0.05) is 11.5 Å². The van der Waals surface area contributed by atoms with Crippen LogP contribution in [0.3, 0.4) is 0 Å². The van der Waals surface area contributed by atoms with Gasteiger partial charge in [-0.1, -0.05) is 73.5 Å². The van der Waals surface area contributed by atoms with Crippen LogP contribution in [0.25, 0.3) is 11.1 Å². The molecule has 2 amide bonds. The zero-order chi connectivity index (χ0) is 24.9. The van der Waals surface area contributed by atoms with E-state index in [-0.39, 0.29) is 28.8 Å². The van der Waals surface area contributed by atoms with Gasteiger partial charge in [-0.25, -0.2) is 9.59 Å². The Bertz CT molecular complexity index is 1230. The molecule has 180 valence electrons. The number of nitrogens with one attached hydrogen (secondary N) is 2. The number of carboxylic acids is 1. The van der Waals surface area contributed by atoms with Gasteiger partial charge >= 0.3 is 12.1 Å². The van der Waals surface area contributed by atoms with Crippen LogP contribution < -0.4 is 10.6 Å². The van der Waals surface area contributed by atoms with E-state index in [9.17, 15) is 19.5 Å². The predicted molar refractivity (Wildman–Crippen MR) is 134 cm³/mol. The van der Waals surface area contributed by atoms with Crippen molar-refractivity contribution < 1.29 is 24.2 Å². The van der Waals surface area contributed by atoms with Gasteiger partial charge in [0.2, 0.25) is 0 Å². The molecule has 3 N–H and O–H groups in total. The van der Waals surface area contributed by atoms with Gasteiger partial charge in [0.25, 0.3) is 5.91 Å². The van der Waals surface area contributed by atoms with Crippen LogP contribution in [-0.2, 0) is 9.53 Å². The quantitative estimate of drug-likeness (QED) is 0.375. The number of fused-ring (bicyclic) bond motifs is 3. The molecule has 0 fully saturated rings. The molecule has 0 heterocycles. The Labute approximate surface area is 208 Å². The molecule has 4 rings (SSSR count). The smallest absolute Gasteiger partial charge is 0.411 e. The summed E-state index contributed by atoms with van der Waals surface area (Å²) in [6, 6.07) is 19.4. The van der Waals surface area contributed by atoms with Crippen LogP contribution in [0.5, 0.6) is 0 Å². The van der Waals surface area contributed by atoms with Crippen molar-refractivity contribution in [3.05, 3.63) is 88.4 Å². The van der Waals surface area contributed by atoms with Crippen molar-refractivity contribution in [2.24, 2.45) is 0 Å². The maximum absolute atomic E-state index is 12.6. The average molecular weight is 493 g/mol. The molecule has 35 heavy (non-hydrogen) atoms. The fourth-order valence-corrected chi connectivity index (χ4v) is 4.46. The number of benzene rings is 3. The highest BCUT2D eigenvalue weighted by Gasteiger charge is 2.29. The summed E-state index contributed by atoms with van der Waals surface area (Å²) < 4.78 is 5.54. The summed E-state index contributed by atoms with van der Waals surface area (Å²) in [6.45, 7) is 1.97. The van der Waals surface area contributed by atoms with Gasteiger partial charge in [-0.05, 0) is 46.9 Å². The highest BCUT2D eigenvalue weighted by atomic mass is 35.5. The molecule has 0 unspecified atom stereocenters. The second kappa shape index (κ2) is 10.6. The molecule has 3 aromatic carbocycles. The zero-order valence-corrected chi connectivity index (χ0v) is 19.8. The summed E-state index contributed by atoms with van der Waals surface area (Å²) in [7, 11) is 0. The van der Waals surface area contributed by atoms with Crippen LogP contribution in [0.1, 0.15) is 47.2 Å². The Morgan fingerprint density at radius 2 is 1.63 bits per heavy atom. The number of carbonyl (C=O) groups excluding carboxylic acids is 2. The van der Waals surface area contributed by atoms with E-state index in [1.165, 1.54) is 18.2 Å². The zero-order valence-electron chi connectivity index (χ0n) is 19.1. The van der Waals surface area contributed by atoms with E-state index < -0.39 is 24.0 Å². The lowest BCUT2D eigenvalue weighted by atomic mass is 9.98. The molecule has 0 aliphatic heterocycles. The predicted octanol–water partition coefficient (Wildman–Crippen LogP) is 5.68. The molecule has 0 aromatic heterocycles. The summed E-state index contributed by atoms with van der Waals surface area (Å²) in [4.78, 5) is 36.5. The van der Waals surface area contributed by atoms with Gasteiger partial charge in [-0.15, -0.1) is 0 Å². The number of halogens is 1. The first-order valence-corrected chi connectivity index (χ1v) is 11.7. The SMILES string of the molecule is CCC[C@H](NC(=O)c1ccc(Cl)c(NC(=O)OCC2c3ccccc3-c3ccccc32)c1)C(=O)O. The van der Waals surface area contributed by atoms with E-state index in [0.29, 0.717) is 12.8 Å². The molecule has 3 aromatic rings. The number of rotatable bonds is 8. The summed E-state index contributed by atoms with van der Waals surface area (Å²) >= 11 is 6.22. The number of ether oxygens (including phenoxy) is 1. The minimum Gasteiger partial charge on any atom is -0.480 e. The Morgan fingerprint density at radius 3 is 2.23 bits per heavy atom. The van der Waals surface area contributed by atoms with Crippen molar-refractivity contribution >= 4 is 35.3 Å². The average Bonchev–Trinajstić information content (AvgIpc) is 3.17. The monoisotopic (exact) mass is 492 g/mol. The number of aliphatic carboxylic acids is 1. The third-order valence-corrected chi connectivity index (χ3v) is 6.32. The summed E-state index contributed by atoms with van der Waals surface area (Å²) in [5.41, 5.74) is 4.81. The first kappa shape index (κ1) is 24.3. The number of amides is 2. The third-order valence-electron chi connectivity index (χ3n) is 5.99. The van der Waals surface area contributed by atoms with E-state index in [1.807, 2.05) is 43.3 Å². The molecular formula is C27H25ClN2O5. The fraction of sp³-hybridized carbons (Fsp3) is 0.222. The molecule has 1 aliphatic rings. The van der Waals surface area contributed by atoms with Gasteiger partial charge in [-0.2, -0.15) is 0 Å². The van der Waals surface area contributed by atoms with Crippen LogP contribution in [0.15, 0.2) is 66.7 Å². The fourth-order valence-electron chi connectivity index (χ4n) is 4.29. The van der Waals surface area contributed by atoms with Gasteiger partial charge in [0.05, 0.1) is 10.7 Å². The Balaban J connectivity index is 1.43. The minimum atomic E-state index is -1.11. The molecule has 0 radical (unpaired) electrons. The van der Waals surface area contributed by atoms with Crippen LogP contribution in [-0.4, -0.2) is 35.7 Å². The van der Waals surface area contributed by atoms with Gasteiger partial charge < -0.3 is 15.2 Å². The number of hydrogen-bond donors (Lipinski definition) is 3. The van der Waals surface area contributed by atoms with Crippen LogP contribution in [0.2, 0.25) is 5.02 Å². The minimum absolute atomic E-state index is 0.0905. The first-order valence-electron chi connectivity index (χ1n) is 11.3. The van der Waals surface area contributed by atoms with E-state index in [0.717, 1.165) is 22.3 Å². The summed E-state index contributed by atoms with van der Waals surface area (Å²) in [5.74, 6) is -1.77. The normalized spacial score (nSPS) is 12.9. The molecule has 0 spiro atoms. The largest absolute Gasteiger partial charge is 0.480 e. The Morgan fingerprint density at radius 1 is 1.00 bits per heavy atom. The van der Waals surface area contributed by atoms with Crippen molar-refractivity contribution in [2.75, 3.05) is 11.9 Å². The number of anilines is 1. The third kappa shape index (κ3) is 5.30. The van der Waals surface area contributed by atoms with Crippen molar-refractivity contribution in [3.8, 4) is 11.1 Å². The molecule has 7 nitrogen and oxygen atoms in total. The van der Waals surface area contributed by atoms with Crippen LogP contribution in [0.4, 0.5) is 10.5 Å². The lowest BCUT2D eigenvalue weighted by Gasteiger charge is -2.16. The second-order valence-corrected chi connectivity index (χ2v) is 8.71. The molecular weight excluding hydrogens is 468 g/mol. The standard InChI is InChI=1S/C27H25ClN2O5/c1-2-7-23(26(32)33)29-25(31)16-12-13-22(28)24(14-16)30-27(34)35-15-21-19-10-5-3-8-17(19)18-9-4-6-11-20(18)21/h3-6,8-14,21,23H,2,7,15H2,1H3,(H,29,31)(H,30,34)(H,32,33)/t23-/m0/s1. The van der Waals surface area contributed by atoms with E-state index in [1.54, 1.807) is 0 Å². The van der Waals surface area contributed by atoms with Gasteiger partial charge in [0.1, 0.15) is 12.6 Å². The number of carboxylic acid groups (broad SMARTS) is 1. The van der Waals surface area contributed by atoms with Crippen molar-refractivity contribution in [1.29, 1.82) is 0 Å². The maximum Gasteiger partial charge on any atom is 0.411 e. The van der Waals surface area contributed by atoms with E-state index in [2.05, 4.69) is 22.8 Å². The topological polar surface area (TPSA) is 105 Å². The lowest BCUT2D eigenvalue weighted by Crippen LogP contribution is -2.40. The Kier molecular flexibility index (Phi) is 7.36. The molecule has 0 saturated carbocycles. The summed E-state index contributed by atoms with van der Waals surface area (Å²) in [6.07, 6.45) is 0.201. The van der Waals surface area contributed by atoms with Crippen molar-refractivity contribution in [3.63, 3.8) is 0 Å². The van der Waals surface area contributed by atoms with E-state index >= 15 is 0 Å². The molecule has 1 atom stereocenters. The lowest BCUT2D eigenvalue weighted by molar-refractivity contribution is -0.139. The number of hydrogen-bond acceptors (Lipinski definition) is 4. The molecule has 8 heteroatoms. The second-order valence-electron chi connectivity index (χ2n) is 8.30. The van der Waals surface area contributed by atoms with Crippen LogP contribution >= 0.6 is 11.6 Å². The Hall–Kier alpha value is -3.84.